The molecule has 1 amide bonds. The van der Waals surface area contributed by atoms with E-state index in [1.54, 1.807) is 24.4 Å². The number of carbonyl (C=O) groups excluding carboxylic acids is 1. The van der Waals surface area contributed by atoms with Gasteiger partial charge in [0, 0.05) is 23.0 Å². The molecule has 29 heavy (non-hydrogen) atoms. The van der Waals surface area contributed by atoms with Crippen molar-refractivity contribution < 1.29 is 22.7 Å². The zero-order valence-electron chi connectivity index (χ0n) is 14.8. The fourth-order valence-corrected chi connectivity index (χ4v) is 3.08. The Bertz CT molecular complexity index is 1070. The molecule has 0 radical (unpaired) electrons. The van der Waals surface area contributed by atoms with Gasteiger partial charge in [0.25, 0.3) is 5.91 Å². The molecule has 1 N–H and O–H groups in total. The number of amides is 1. The van der Waals surface area contributed by atoms with Gasteiger partial charge in [-0.1, -0.05) is 23.2 Å². The molecule has 9 heteroatoms. The van der Waals surface area contributed by atoms with Gasteiger partial charge in [0.1, 0.15) is 5.75 Å². The van der Waals surface area contributed by atoms with Crippen molar-refractivity contribution in [2.75, 3.05) is 12.4 Å². The molecule has 4 nitrogen and oxygen atoms in total. The summed E-state index contributed by atoms with van der Waals surface area (Å²) in [6.07, 6.45) is -3.06. The Kier molecular flexibility index (Phi) is 6.00. The maximum absolute atomic E-state index is 13.0. The molecular formula is C20H13Cl2F3N2O2. The largest absolute Gasteiger partial charge is 0.496 e. The van der Waals surface area contributed by atoms with E-state index in [9.17, 15) is 18.0 Å². The predicted octanol–water partition coefficient (Wildman–Crippen LogP) is 6.34. The second-order valence-electron chi connectivity index (χ2n) is 5.90. The van der Waals surface area contributed by atoms with Crippen LogP contribution in [0.1, 0.15) is 15.9 Å². The number of nitrogens with one attached hydrogen (secondary N) is 1. The van der Waals surface area contributed by atoms with Crippen molar-refractivity contribution in [3.05, 3.63) is 75.9 Å². The first-order chi connectivity index (χ1) is 13.7. The molecule has 3 rings (SSSR count). The van der Waals surface area contributed by atoms with Crippen LogP contribution in [0.4, 0.5) is 18.9 Å². The zero-order chi connectivity index (χ0) is 21.2. The Balaban J connectivity index is 1.90. The van der Waals surface area contributed by atoms with Crippen molar-refractivity contribution in [3.8, 4) is 17.0 Å². The lowest BCUT2D eigenvalue weighted by molar-refractivity contribution is -0.137. The van der Waals surface area contributed by atoms with E-state index in [4.69, 9.17) is 27.9 Å². The summed E-state index contributed by atoms with van der Waals surface area (Å²) in [5.74, 6) is -0.275. The van der Waals surface area contributed by atoms with E-state index in [1.807, 2.05) is 0 Å². The molecule has 3 aromatic rings. The summed E-state index contributed by atoms with van der Waals surface area (Å²) in [6, 6.07) is 11.0. The number of pyridine rings is 1. The van der Waals surface area contributed by atoms with Gasteiger partial charge in [0.05, 0.1) is 28.4 Å². The molecule has 0 saturated heterocycles. The molecule has 0 aliphatic rings. The maximum Gasteiger partial charge on any atom is 0.417 e. The minimum Gasteiger partial charge on any atom is -0.496 e. The fraction of sp³-hybridized carbons (Fsp3) is 0.100. The molecule has 0 saturated carbocycles. The summed E-state index contributed by atoms with van der Waals surface area (Å²) < 4.78 is 44.3. The van der Waals surface area contributed by atoms with E-state index in [1.165, 1.54) is 25.3 Å². The summed E-state index contributed by atoms with van der Waals surface area (Å²) in [7, 11) is 1.42. The van der Waals surface area contributed by atoms with E-state index in [0.717, 1.165) is 12.1 Å². The molecule has 0 fully saturated rings. The van der Waals surface area contributed by atoms with Crippen LogP contribution < -0.4 is 10.1 Å². The second-order valence-corrected chi connectivity index (χ2v) is 6.71. The highest BCUT2D eigenvalue weighted by Crippen LogP contribution is 2.37. The first-order valence-corrected chi connectivity index (χ1v) is 8.93. The van der Waals surface area contributed by atoms with Gasteiger partial charge >= 0.3 is 6.18 Å². The van der Waals surface area contributed by atoms with Crippen LogP contribution in [0.2, 0.25) is 10.0 Å². The number of anilines is 1. The van der Waals surface area contributed by atoms with Crippen LogP contribution in [0.5, 0.6) is 5.75 Å². The van der Waals surface area contributed by atoms with E-state index >= 15 is 0 Å². The van der Waals surface area contributed by atoms with Gasteiger partial charge in [-0.15, -0.1) is 0 Å². The van der Waals surface area contributed by atoms with Gasteiger partial charge in [-0.3, -0.25) is 9.78 Å². The SMILES string of the molecule is COc1cc(C(=O)Nc2ccc(Cl)c(C(F)(F)F)c2)ccc1-c1ncccc1Cl. The number of methoxy groups -OCH3 is 1. The molecular weight excluding hydrogens is 428 g/mol. The Morgan fingerprint density at radius 2 is 1.83 bits per heavy atom. The minimum absolute atomic E-state index is 0.0393. The van der Waals surface area contributed by atoms with Crippen molar-refractivity contribution in [2.45, 2.75) is 6.18 Å². The van der Waals surface area contributed by atoms with Gasteiger partial charge in [0.15, 0.2) is 0 Å². The Morgan fingerprint density at radius 3 is 2.48 bits per heavy atom. The zero-order valence-corrected chi connectivity index (χ0v) is 16.4. The summed E-state index contributed by atoms with van der Waals surface area (Å²) in [4.78, 5) is 16.7. The van der Waals surface area contributed by atoms with Gasteiger partial charge in [-0.25, -0.2) is 0 Å². The molecule has 1 aromatic heterocycles. The number of aromatic nitrogens is 1. The molecule has 150 valence electrons. The van der Waals surface area contributed by atoms with Gasteiger partial charge in [-0.05, 0) is 48.5 Å². The molecule has 0 aliphatic heterocycles. The molecule has 0 spiro atoms. The Hall–Kier alpha value is -2.77. The van der Waals surface area contributed by atoms with Crippen LogP contribution in [0.25, 0.3) is 11.3 Å². The maximum atomic E-state index is 13.0. The normalized spacial score (nSPS) is 11.2. The number of ether oxygens (including phenoxy) is 1. The quantitative estimate of drug-likeness (QED) is 0.515. The van der Waals surface area contributed by atoms with Crippen LogP contribution in [0, 0.1) is 0 Å². The molecule has 2 aromatic carbocycles. The highest BCUT2D eigenvalue weighted by atomic mass is 35.5. The highest BCUT2D eigenvalue weighted by molar-refractivity contribution is 6.33. The summed E-state index contributed by atoms with van der Waals surface area (Å²) in [6.45, 7) is 0. The Morgan fingerprint density at radius 1 is 1.07 bits per heavy atom. The number of hydrogen-bond acceptors (Lipinski definition) is 3. The van der Waals surface area contributed by atoms with E-state index in [-0.39, 0.29) is 11.3 Å². The molecule has 0 unspecified atom stereocenters. The van der Waals surface area contributed by atoms with Crippen LogP contribution in [0.3, 0.4) is 0 Å². The molecule has 0 bridgehead atoms. The van der Waals surface area contributed by atoms with Crippen molar-refractivity contribution >= 4 is 34.8 Å². The molecule has 0 atom stereocenters. The fourth-order valence-electron chi connectivity index (χ4n) is 2.64. The van der Waals surface area contributed by atoms with Crippen molar-refractivity contribution in [1.29, 1.82) is 0 Å². The average Bonchev–Trinajstić information content (AvgIpc) is 2.68. The second kappa shape index (κ2) is 8.31. The number of carbonyl (C=O) groups is 1. The summed E-state index contributed by atoms with van der Waals surface area (Å²) in [5, 5.41) is 2.38. The van der Waals surface area contributed by atoms with Crippen LogP contribution in [0.15, 0.2) is 54.7 Å². The lowest BCUT2D eigenvalue weighted by Gasteiger charge is -2.13. The van der Waals surface area contributed by atoms with E-state index < -0.39 is 22.7 Å². The topological polar surface area (TPSA) is 51.2 Å². The Labute approximate surface area is 174 Å². The number of rotatable bonds is 4. The summed E-state index contributed by atoms with van der Waals surface area (Å²) >= 11 is 11.8. The average molecular weight is 441 g/mol. The number of hydrogen-bond donors (Lipinski definition) is 1. The molecule has 1 heterocycles. The first-order valence-electron chi connectivity index (χ1n) is 8.17. The van der Waals surface area contributed by atoms with Crippen molar-refractivity contribution in [2.24, 2.45) is 0 Å². The van der Waals surface area contributed by atoms with Crippen LogP contribution in [-0.4, -0.2) is 18.0 Å². The van der Waals surface area contributed by atoms with Crippen molar-refractivity contribution in [3.63, 3.8) is 0 Å². The van der Waals surface area contributed by atoms with Crippen LogP contribution >= 0.6 is 23.2 Å². The van der Waals surface area contributed by atoms with Crippen LogP contribution in [-0.2, 0) is 6.18 Å². The van der Waals surface area contributed by atoms with Gasteiger partial charge < -0.3 is 10.1 Å². The lowest BCUT2D eigenvalue weighted by atomic mass is 10.1. The lowest BCUT2D eigenvalue weighted by Crippen LogP contribution is -2.13. The summed E-state index contributed by atoms with van der Waals surface area (Å²) in [5.41, 5.74) is 0.157. The molecule has 0 aliphatic carbocycles. The highest BCUT2D eigenvalue weighted by Gasteiger charge is 2.33. The number of halogens is 5. The standard InChI is InChI=1S/C20H13Cl2F3N2O2/c1-29-17-9-11(4-6-13(17)18-16(22)3-2-8-26-18)19(28)27-12-5-7-15(21)14(10-12)20(23,24)25/h2-10H,1H3,(H,27,28). The predicted molar refractivity (Wildman–Crippen MR) is 106 cm³/mol. The number of alkyl halides is 3. The van der Waals surface area contributed by atoms with Gasteiger partial charge in [-0.2, -0.15) is 13.2 Å². The smallest absolute Gasteiger partial charge is 0.417 e. The first kappa shape index (κ1) is 21.0. The third-order valence-electron chi connectivity index (χ3n) is 4.01. The van der Waals surface area contributed by atoms with E-state index in [2.05, 4.69) is 10.3 Å². The minimum atomic E-state index is -4.63. The number of benzene rings is 2. The van der Waals surface area contributed by atoms with E-state index in [0.29, 0.717) is 22.0 Å². The number of nitrogens with zero attached hydrogens (tertiary/aromatic N) is 1. The third-order valence-corrected chi connectivity index (χ3v) is 4.64. The monoisotopic (exact) mass is 440 g/mol. The van der Waals surface area contributed by atoms with Crippen molar-refractivity contribution in [1.82, 2.24) is 4.98 Å². The third kappa shape index (κ3) is 4.63. The van der Waals surface area contributed by atoms with Gasteiger partial charge in [0.2, 0.25) is 0 Å².